The molecule has 6 heteroatoms. The fourth-order valence-corrected chi connectivity index (χ4v) is 3.74. The molecule has 0 unspecified atom stereocenters. The standard InChI is InChI=1S/C21H18N2O3S/c1-25-15-11-10-14(20(26-2)19(15)24)21-22-17(13-7-4-3-5-8-13)18(23-21)16-9-6-12-27-16/h3-12,24H,1-2H3,(H,22,23). The summed E-state index contributed by atoms with van der Waals surface area (Å²) in [6.07, 6.45) is 0. The summed E-state index contributed by atoms with van der Waals surface area (Å²) in [6.45, 7) is 0. The Morgan fingerprint density at radius 3 is 2.44 bits per heavy atom. The van der Waals surface area contributed by atoms with E-state index in [1.54, 1.807) is 17.4 Å². The first-order chi connectivity index (χ1) is 13.2. The fourth-order valence-electron chi connectivity index (χ4n) is 3.02. The zero-order chi connectivity index (χ0) is 18.8. The van der Waals surface area contributed by atoms with Crippen molar-refractivity contribution in [1.29, 1.82) is 0 Å². The first-order valence-corrected chi connectivity index (χ1v) is 9.24. The summed E-state index contributed by atoms with van der Waals surface area (Å²) in [5.41, 5.74) is 3.46. The highest BCUT2D eigenvalue weighted by Gasteiger charge is 2.21. The number of ether oxygens (including phenoxy) is 2. The topological polar surface area (TPSA) is 67.4 Å². The molecule has 0 saturated heterocycles. The number of phenolic OH excluding ortho intramolecular Hbond substituents is 1. The molecule has 2 heterocycles. The van der Waals surface area contributed by atoms with Crippen LogP contribution in [0.1, 0.15) is 0 Å². The maximum atomic E-state index is 10.4. The fraction of sp³-hybridized carbons (Fsp3) is 0.0952. The molecule has 4 aromatic rings. The largest absolute Gasteiger partial charge is 0.502 e. The molecule has 0 fully saturated rings. The summed E-state index contributed by atoms with van der Waals surface area (Å²) in [5, 5.41) is 12.5. The van der Waals surface area contributed by atoms with Crippen LogP contribution in [0.3, 0.4) is 0 Å². The van der Waals surface area contributed by atoms with Gasteiger partial charge in [0.25, 0.3) is 0 Å². The van der Waals surface area contributed by atoms with E-state index in [0.717, 1.165) is 21.8 Å². The van der Waals surface area contributed by atoms with Crippen molar-refractivity contribution in [2.24, 2.45) is 0 Å². The van der Waals surface area contributed by atoms with Gasteiger partial charge in [-0.25, -0.2) is 4.98 Å². The number of aromatic amines is 1. The average Bonchev–Trinajstić information content (AvgIpc) is 3.38. The van der Waals surface area contributed by atoms with Crippen LogP contribution >= 0.6 is 11.3 Å². The van der Waals surface area contributed by atoms with E-state index in [2.05, 4.69) is 11.1 Å². The number of nitrogens with one attached hydrogen (secondary N) is 1. The molecular weight excluding hydrogens is 360 g/mol. The lowest BCUT2D eigenvalue weighted by Gasteiger charge is -2.11. The van der Waals surface area contributed by atoms with Gasteiger partial charge in [0.05, 0.1) is 36.0 Å². The van der Waals surface area contributed by atoms with E-state index >= 15 is 0 Å². The van der Waals surface area contributed by atoms with Crippen LogP contribution in [0.5, 0.6) is 17.2 Å². The molecule has 0 atom stereocenters. The molecule has 0 aliphatic heterocycles. The number of aromatic hydroxyl groups is 1. The van der Waals surface area contributed by atoms with Gasteiger partial charge in [-0.3, -0.25) is 0 Å². The third kappa shape index (κ3) is 3.04. The van der Waals surface area contributed by atoms with Gasteiger partial charge in [-0.05, 0) is 23.6 Å². The number of aromatic nitrogens is 2. The summed E-state index contributed by atoms with van der Waals surface area (Å²) in [7, 11) is 3.02. The van der Waals surface area contributed by atoms with Crippen molar-refractivity contribution in [2.75, 3.05) is 14.2 Å². The average molecular weight is 378 g/mol. The Morgan fingerprint density at radius 1 is 0.963 bits per heavy atom. The quantitative estimate of drug-likeness (QED) is 0.501. The van der Waals surface area contributed by atoms with E-state index in [0.29, 0.717) is 22.9 Å². The number of hydrogen-bond donors (Lipinski definition) is 2. The number of imidazole rings is 1. The number of rotatable bonds is 5. The zero-order valence-corrected chi connectivity index (χ0v) is 15.7. The number of H-pyrrole nitrogens is 1. The molecule has 4 rings (SSSR count). The Balaban J connectivity index is 1.92. The third-order valence-electron chi connectivity index (χ3n) is 4.29. The normalized spacial score (nSPS) is 10.7. The molecule has 0 amide bonds. The lowest BCUT2D eigenvalue weighted by atomic mass is 10.1. The zero-order valence-electron chi connectivity index (χ0n) is 14.9. The van der Waals surface area contributed by atoms with Gasteiger partial charge >= 0.3 is 0 Å². The minimum absolute atomic E-state index is 0.0483. The summed E-state index contributed by atoms with van der Waals surface area (Å²) in [5.74, 6) is 1.24. The molecule has 0 aliphatic rings. The van der Waals surface area contributed by atoms with Crippen molar-refractivity contribution < 1.29 is 14.6 Å². The molecule has 0 radical (unpaired) electrons. The number of methoxy groups -OCH3 is 2. The second-order valence-corrected chi connectivity index (χ2v) is 6.80. The van der Waals surface area contributed by atoms with E-state index < -0.39 is 0 Å². The second-order valence-electron chi connectivity index (χ2n) is 5.85. The third-order valence-corrected chi connectivity index (χ3v) is 5.18. The van der Waals surface area contributed by atoms with Crippen LogP contribution in [0.2, 0.25) is 0 Å². The first-order valence-electron chi connectivity index (χ1n) is 8.36. The summed E-state index contributed by atoms with van der Waals surface area (Å²) in [6, 6.07) is 17.6. The van der Waals surface area contributed by atoms with Crippen LogP contribution in [-0.4, -0.2) is 29.3 Å². The monoisotopic (exact) mass is 378 g/mol. The lowest BCUT2D eigenvalue weighted by molar-refractivity contribution is 0.341. The molecule has 27 heavy (non-hydrogen) atoms. The number of nitrogens with zero attached hydrogens (tertiary/aromatic N) is 1. The van der Waals surface area contributed by atoms with Gasteiger partial charge in [-0.2, -0.15) is 0 Å². The van der Waals surface area contributed by atoms with E-state index in [9.17, 15) is 5.11 Å². The molecule has 0 aliphatic carbocycles. The number of hydrogen-bond acceptors (Lipinski definition) is 5. The van der Waals surface area contributed by atoms with Gasteiger partial charge in [0.1, 0.15) is 5.82 Å². The molecule has 0 bridgehead atoms. The Bertz CT molecular complexity index is 1060. The Labute approximate surface area is 160 Å². The highest BCUT2D eigenvalue weighted by Crippen LogP contribution is 2.44. The van der Waals surface area contributed by atoms with Gasteiger partial charge < -0.3 is 19.6 Å². The van der Waals surface area contributed by atoms with Gasteiger partial charge in [0, 0.05) is 5.56 Å². The molecule has 2 aromatic carbocycles. The van der Waals surface area contributed by atoms with Crippen LogP contribution in [0.15, 0.2) is 60.0 Å². The maximum absolute atomic E-state index is 10.4. The summed E-state index contributed by atoms with van der Waals surface area (Å²) in [4.78, 5) is 9.32. The predicted molar refractivity (Wildman–Crippen MR) is 108 cm³/mol. The first kappa shape index (κ1) is 17.2. The number of thiophene rings is 1. The van der Waals surface area contributed by atoms with Gasteiger partial charge in [0.15, 0.2) is 11.5 Å². The van der Waals surface area contributed by atoms with Gasteiger partial charge in [-0.15, -0.1) is 11.3 Å². The number of phenols is 1. The van der Waals surface area contributed by atoms with E-state index in [-0.39, 0.29) is 5.75 Å². The SMILES string of the molecule is COc1ccc(-c2nc(-c3ccccc3)c(-c3cccs3)[nH]2)c(OC)c1O. The Morgan fingerprint density at radius 2 is 1.78 bits per heavy atom. The number of benzene rings is 2. The molecule has 0 spiro atoms. The van der Waals surface area contributed by atoms with Crippen LogP contribution in [-0.2, 0) is 0 Å². The van der Waals surface area contributed by atoms with Crippen LogP contribution < -0.4 is 9.47 Å². The maximum Gasteiger partial charge on any atom is 0.201 e. The lowest BCUT2D eigenvalue weighted by Crippen LogP contribution is -1.93. The minimum Gasteiger partial charge on any atom is -0.502 e. The molecule has 2 aromatic heterocycles. The second kappa shape index (κ2) is 7.17. The molecule has 136 valence electrons. The van der Waals surface area contributed by atoms with Crippen molar-refractivity contribution in [2.45, 2.75) is 0 Å². The van der Waals surface area contributed by atoms with Crippen LogP contribution in [0.25, 0.3) is 33.2 Å². The van der Waals surface area contributed by atoms with Gasteiger partial charge in [-0.1, -0.05) is 36.4 Å². The minimum atomic E-state index is -0.0483. The highest BCUT2D eigenvalue weighted by molar-refractivity contribution is 7.13. The Hall–Kier alpha value is -3.25. The van der Waals surface area contributed by atoms with Crippen molar-refractivity contribution in [3.05, 3.63) is 60.0 Å². The van der Waals surface area contributed by atoms with Crippen molar-refractivity contribution in [3.63, 3.8) is 0 Å². The molecule has 5 nitrogen and oxygen atoms in total. The smallest absolute Gasteiger partial charge is 0.201 e. The van der Waals surface area contributed by atoms with E-state index in [1.165, 1.54) is 14.2 Å². The Kier molecular flexibility index (Phi) is 4.56. The van der Waals surface area contributed by atoms with Gasteiger partial charge in [0.2, 0.25) is 5.75 Å². The molecule has 0 saturated carbocycles. The van der Waals surface area contributed by atoms with Crippen molar-refractivity contribution >= 4 is 11.3 Å². The highest BCUT2D eigenvalue weighted by atomic mass is 32.1. The predicted octanol–water partition coefficient (Wildman–Crippen LogP) is 5.20. The van der Waals surface area contributed by atoms with Crippen molar-refractivity contribution in [3.8, 4) is 50.5 Å². The van der Waals surface area contributed by atoms with Crippen molar-refractivity contribution in [1.82, 2.24) is 9.97 Å². The van der Waals surface area contributed by atoms with Crippen LogP contribution in [0, 0.1) is 0 Å². The summed E-state index contributed by atoms with van der Waals surface area (Å²) >= 11 is 1.64. The molecule has 2 N–H and O–H groups in total. The molecular formula is C21H18N2O3S. The van der Waals surface area contributed by atoms with Crippen LogP contribution in [0.4, 0.5) is 0 Å². The summed E-state index contributed by atoms with van der Waals surface area (Å²) < 4.78 is 10.6. The van der Waals surface area contributed by atoms with E-state index in [4.69, 9.17) is 14.5 Å². The van der Waals surface area contributed by atoms with E-state index in [1.807, 2.05) is 47.8 Å².